The Hall–Kier alpha value is -1.09. The number of aryl methyl sites for hydroxylation is 1. The SMILES string of the molecule is Cc1ccc2c(c1)[nH]c(=S)n2C1(C)CCC1. The highest BCUT2D eigenvalue weighted by Crippen LogP contribution is 2.40. The van der Waals surface area contributed by atoms with Crippen molar-refractivity contribution >= 4 is 23.3 Å². The van der Waals surface area contributed by atoms with Crippen LogP contribution in [0.1, 0.15) is 31.7 Å². The molecule has 1 N–H and O–H groups in total. The zero-order valence-electron chi connectivity index (χ0n) is 9.71. The Bertz CT molecular complexity index is 602. The molecule has 1 aromatic carbocycles. The smallest absolute Gasteiger partial charge is 0.178 e. The van der Waals surface area contributed by atoms with E-state index in [2.05, 4.69) is 41.6 Å². The van der Waals surface area contributed by atoms with Gasteiger partial charge in [0.05, 0.1) is 11.0 Å². The van der Waals surface area contributed by atoms with Crippen LogP contribution >= 0.6 is 12.2 Å². The molecule has 0 aliphatic heterocycles. The number of rotatable bonds is 1. The van der Waals surface area contributed by atoms with Crippen molar-refractivity contribution < 1.29 is 0 Å². The van der Waals surface area contributed by atoms with Crippen molar-refractivity contribution in [2.24, 2.45) is 0 Å². The number of hydrogen-bond donors (Lipinski definition) is 1. The number of fused-ring (bicyclic) bond motifs is 1. The Kier molecular flexibility index (Phi) is 2.02. The predicted octanol–water partition coefficient (Wildman–Crippen LogP) is 3.91. The van der Waals surface area contributed by atoms with Crippen LogP contribution in [0.2, 0.25) is 0 Å². The number of benzene rings is 1. The molecule has 3 rings (SSSR count). The Labute approximate surface area is 100 Å². The van der Waals surface area contributed by atoms with E-state index in [0.717, 1.165) is 10.3 Å². The lowest BCUT2D eigenvalue weighted by molar-refractivity contribution is 0.172. The van der Waals surface area contributed by atoms with Crippen LogP contribution in [0.4, 0.5) is 0 Å². The molecular weight excluding hydrogens is 216 g/mol. The number of nitrogens with one attached hydrogen (secondary N) is 1. The van der Waals surface area contributed by atoms with Crippen molar-refractivity contribution in [1.29, 1.82) is 0 Å². The summed E-state index contributed by atoms with van der Waals surface area (Å²) in [6, 6.07) is 6.51. The number of aromatic amines is 1. The lowest BCUT2D eigenvalue weighted by atomic mass is 9.78. The number of hydrogen-bond acceptors (Lipinski definition) is 1. The van der Waals surface area contributed by atoms with Crippen molar-refractivity contribution in [3.05, 3.63) is 28.5 Å². The minimum atomic E-state index is 0.241. The van der Waals surface area contributed by atoms with Crippen molar-refractivity contribution in [3.63, 3.8) is 0 Å². The third kappa shape index (κ3) is 1.27. The minimum absolute atomic E-state index is 0.241. The van der Waals surface area contributed by atoms with Gasteiger partial charge in [0, 0.05) is 5.54 Å². The molecule has 0 atom stereocenters. The number of H-pyrrole nitrogens is 1. The van der Waals surface area contributed by atoms with Gasteiger partial charge in [0.2, 0.25) is 0 Å². The Morgan fingerprint density at radius 3 is 2.75 bits per heavy atom. The summed E-state index contributed by atoms with van der Waals surface area (Å²) < 4.78 is 3.17. The highest BCUT2D eigenvalue weighted by Gasteiger charge is 2.35. The van der Waals surface area contributed by atoms with E-state index in [-0.39, 0.29) is 5.54 Å². The second kappa shape index (κ2) is 3.20. The van der Waals surface area contributed by atoms with Crippen LogP contribution in [-0.4, -0.2) is 9.55 Å². The van der Waals surface area contributed by atoms with Crippen LogP contribution in [0.25, 0.3) is 11.0 Å². The van der Waals surface area contributed by atoms with Gasteiger partial charge in [0.15, 0.2) is 4.77 Å². The van der Waals surface area contributed by atoms with E-state index in [0.29, 0.717) is 0 Å². The largest absolute Gasteiger partial charge is 0.331 e. The molecule has 0 bridgehead atoms. The van der Waals surface area contributed by atoms with E-state index in [1.807, 2.05) is 0 Å². The van der Waals surface area contributed by atoms with Crippen LogP contribution < -0.4 is 0 Å². The number of imidazole rings is 1. The maximum atomic E-state index is 5.45. The average molecular weight is 232 g/mol. The fraction of sp³-hybridized carbons (Fsp3) is 0.462. The van der Waals surface area contributed by atoms with E-state index in [1.54, 1.807) is 0 Å². The van der Waals surface area contributed by atoms with Gasteiger partial charge < -0.3 is 9.55 Å². The summed E-state index contributed by atoms with van der Waals surface area (Å²) >= 11 is 5.45. The van der Waals surface area contributed by atoms with Crippen LogP contribution in [0, 0.1) is 11.7 Å². The summed E-state index contributed by atoms with van der Waals surface area (Å²) in [5.74, 6) is 0. The van der Waals surface area contributed by atoms with Gasteiger partial charge >= 0.3 is 0 Å². The maximum Gasteiger partial charge on any atom is 0.178 e. The van der Waals surface area contributed by atoms with Gasteiger partial charge in [-0.05, 0) is 63.0 Å². The van der Waals surface area contributed by atoms with Gasteiger partial charge in [-0.1, -0.05) is 6.07 Å². The molecule has 0 spiro atoms. The van der Waals surface area contributed by atoms with Crippen LogP contribution in [0.15, 0.2) is 18.2 Å². The van der Waals surface area contributed by atoms with Crippen LogP contribution in [-0.2, 0) is 5.54 Å². The summed E-state index contributed by atoms with van der Waals surface area (Å²) in [5, 5.41) is 0. The molecule has 1 aliphatic carbocycles. The Morgan fingerprint density at radius 1 is 1.38 bits per heavy atom. The maximum absolute atomic E-state index is 5.45. The molecule has 84 valence electrons. The first-order valence-corrected chi connectivity index (χ1v) is 6.23. The summed E-state index contributed by atoms with van der Waals surface area (Å²) in [5.41, 5.74) is 3.93. The van der Waals surface area contributed by atoms with Gasteiger partial charge in [-0.2, -0.15) is 0 Å². The molecule has 1 aliphatic rings. The molecule has 0 unspecified atom stereocenters. The molecule has 1 fully saturated rings. The lowest BCUT2D eigenvalue weighted by Gasteiger charge is -2.40. The zero-order valence-corrected chi connectivity index (χ0v) is 10.5. The summed E-state index contributed by atoms with van der Waals surface area (Å²) in [6.07, 6.45) is 3.79. The summed E-state index contributed by atoms with van der Waals surface area (Å²) in [6.45, 7) is 4.41. The van der Waals surface area contributed by atoms with Gasteiger partial charge in [-0.25, -0.2) is 0 Å². The molecule has 3 heteroatoms. The normalized spacial score (nSPS) is 18.6. The first-order valence-electron chi connectivity index (χ1n) is 5.82. The zero-order chi connectivity index (χ0) is 11.3. The minimum Gasteiger partial charge on any atom is -0.331 e. The van der Waals surface area contributed by atoms with E-state index in [1.165, 1.54) is 30.3 Å². The molecule has 1 saturated carbocycles. The third-order valence-corrected chi connectivity index (χ3v) is 4.09. The molecule has 1 heterocycles. The highest BCUT2D eigenvalue weighted by molar-refractivity contribution is 7.71. The van der Waals surface area contributed by atoms with Crippen molar-refractivity contribution in [1.82, 2.24) is 9.55 Å². The fourth-order valence-electron chi connectivity index (χ4n) is 2.67. The molecule has 16 heavy (non-hydrogen) atoms. The standard InChI is InChI=1S/C13H16N2S/c1-9-4-5-11-10(8-9)14-12(16)15(11)13(2)6-3-7-13/h4-5,8H,3,6-7H2,1-2H3,(H,14,16). The molecule has 1 aromatic heterocycles. The Balaban J connectivity index is 2.32. The number of aromatic nitrogens is 2. The predicted molar refractivity (Wildman–Crippen MR) is 69.4 cm³/mol. The fourth-order valence-corrected chi connectivity index (χ4v) is 3.10. The lowest BCUT2D eigenvalue weighted by Crippen LogP contribution is -2.37. The molecule has 0 saturated heterocycles. The highest BCUT2D eigenvalue weighted by atomic mass is 32.1. The Morgan fingerprint density at radius 2 is 2.12 bits per heavy atom. The van der Waals surface area contributed by atoms with E-state index >= 15 is 0 Å². The molecule has 0 amide bonds. The summed E-state index contributed by atoms with van der Waals surface area (Å²) in [4.78, 5) is 3.32. The quantitative estimate of drug-likeness (QED) is 0.739. The molecule has 0 radical (unpaired) electrons. The van der Waals surface area contributed by atoms with Crippen molar-refractivity contribution in [2.75, 3.05) is 0 Å². The van der Waals surface area contributed by atoms with E-state index in [4.69, 9.17) is 12.2 Å². The van der Waals surface area contributed by atoms with Crippen molar-refractivity contribution in [3.8, 4) is 0 Å². The number of nitrogens with zero attached hydrogens (tertiary/aromatic N) is 1. The van der Waals surface area contributed by atoms with Gasteiger partial charge in [-0.3, -0.25) is 0 Å². The van der Waals surface area contributed by atoms with E-state index < -0.39 is 0 Å². The van der Waals surface area contributed by atoms with Gasteiger partial charge in [0.1, 0.15) is 0 Å². The molecule has 2 nitrogen and oxygen atoms in total. The first-order chi connectivity index (χ1) is 7.60. The second-order valence-corrected chi connectivity index (χ2v) is 5.52. The van der Waals surface area contributed by atoms with Crippen LogP contribution in [0.5, 0.6) is 0 Å². The van der Waals surface area contributed by atoms with Crippen LogP contribution in [0.3, 0.4) is 0 Å². The molecule has 2 aromatic rings. The average Bonchev–Trinajstić information content (AvgIpc) is 2.50. The first kappa shape index (κ1) is 10.1. The second-order valence-electron chi connectivity index (χ2n) is 5.14. The van der Waals surface area contributed by atoms with Gasteiger partial charge in [-0.15, -0.1) is 0 Å². The van der Waals surface area contributed by atoms with Crippen molar-refractivity contribution in [2.45, 2.75) is 38.6 Å². The topological polar surface area (TPSA) is 20.7 Å². The van der Waals surface area contributed by atoms with E-state index in [9.17, 15) is 0 Å². The van der Waals surface area contributed by atoms with Gasteiger partial charge in [0.25, 0.3) is 0 Å². The summed E-state index contributed by atoms with van der Waals surface area (Å²) in [7, 11) is 0. The molecular formula is C13H16N2S. The third-order valence-electron chi connectivity index (χ3n) is 3.81. The monoisotopic (exact) mass is 232 g/mol.